The van der Waals surface area contributed by atoms with Crippen LogP contribution in [0.2, 0.25) is 0 Å². The van der Waals surface area contributed by atoms with Crippen LogP contribution in [-0.2, 0) is 11.3 Å². The van der Waals surface area contributed by atoms with Gasteiger partial charge in [0.2, 0.25) is 0 Å². The van der Waals surface area contributed by atoms with E-state index in [1.807, 2.05) is 0 Å². The van der Waals surface area contributed by atoms with Crippen LogP contribution in [0.1, 0.15) is 13.3 Å². The lowest BCUT2D eigenvalue weighted by molar-refractivity contribution is -0.385. The molecule has 2 rings (SSSR count). The maximum absolute atomic E-state index is 10.5. The molecule has 0 radical (unpaired) electrons. The van der Waals surface area contributed by atoms with Gasteiger partial charge in [0.15, 0.2) is 0 Å². The van der Waals surface area contributed by atoms with Crippen LogP contribution in [0, 0.1) is 16.0 Å². The summed E-state index contributed by atoms with van der Waals surface area (Å²) in [6.45, 7) is 4.32. The van der Waals surface area contributed by atoms with E-state index in [0.717, 1.165) is 19.6 Å². The Morgan fingerprint density at radius 3 is 3.15 bits per heavy atom. The van der Waals surface area contributed by atoms with Gasteiger partial charge in [-0.2, -0.15) is 5.10 Å². The highest BCUT2D eigenvalue weighted by Crippen LogP contribution is 2.19. The predicted molar refractivity (Wildman–Crippen MR) is 71.3 cm³/mol. The first-order valence-electron chi connectivity index (χ1n) is 6.73. The zero-order valence-electron chi connectivity index (χ0n) is 11.4. The van der Waals surface area contributed by atoms with E-state index in [0.29, 0.717) is 12.5 Å². The molecule has 1 fully saturated rings. The van der Waals surface area contributed by atoms with Gasteiger partial charge in [0.05, 0.1) is 23.7 Å². The molecule has 3 unspecified atom stereocenters. The van der Waals surface area contributed by atoms with Crippen LogP contribution in [0.5, 0.6) is 0 Å². The Morgan fingerprint density at radius 1 is 1.75 bits per heavy atom. The molecule has 1 aromatic rings. The van der Waals surface area contributed by atoms with Crippen molar-refractivity contribution < 1.29 is 14.8 Å². The number of hydrogen-bond donors (Lipinski definition) is 2. The van der Waals surface area contributed by atoms with Crippen LogP contribution < -0.4 is 5.32 Å². The molecular weight excluding hydrogens is 264 g/mol. The van der Waals surface area contributed by atoms with Gasteiger partial charge >= 0.3 is 5.69 Å². The van der Waals surface area contributed by atoms with Crippen molar-refractivity contribution in [2.24, 2.45) is 5.92 Å². The van der Waals surface area contributed by atoms with Crippen LogP contribution in [0.3, 0.4) is 0 Å². The summed E-state index contributed by atoms with van der Waals surface area (Å²) in [5, 5.41) is 27.4. The molecule has 0 aliphatic carbocycles. The smallest absolute Gasteiger partial charge is 0.306 e. The Hall–Kier alpha value is -1.51. The van der Waals surface area contributed by atoms with Crippen LogP contribution in [0.25, 0.3) is 0 Å². The topological polar surface area (TPSA) is 102 Å². The summed E-state index contributed by atoms with van der Waals surface area (Å²) in [6, 6.07) is 0. The van der Waals surface area contributed by atoms with Gasteiger partial charge in [-0.15, -0.1) is 0 Å². The van der Waals surface area contributed by atoms with E-state index < -0.39 is 11.0 Å². The van der Waals surface area contributed by atoms with Crippen LogP contribution in [-0.4, -0.2) is 51.7 Å². The minimum Gasteiger partial charge on any atom is -0.390 e. The number of aromatic nitrogens is 2. The molecule has 1 aliphatic heterocycles. The Labute approximate surface area is 116 Å². The van der Waals surface area contributed by atoms with E-state index in [1.165, 1.54) is 17.1 Å². The lowest BCUT2D eigenvalue weighted by Crippen LogP contribution is -2.35. The molecule has 0 amide bonds. The molecule has 0 bridgehead atoms. The molecule has 3 atom stereocenters. The molecule has 0 saturated carbocycles. The maximum Gasteiger partial charge on any atom is 0.306 e. The lowest BCUT2D eigenvalue weighted by atomic mass is 10.0. The van der Waals surface area contributed by atoms with Gasteiger partial charge in [-0.05, 0) is 19.3 Å². The molecule has 2 heterocycles. The van der Waals surface area contributed by atoms with E-state index in [2.05, 4.69) is 17.3 Å². The largest absolute Gasteiger partial charge is 0.390 e. The third-order valence-electron chi connectivity index (χ3n) is 3.55. The van der Waals surface area contributed by atoms with Gasteiger partial charge in [-0.25, -0.2) is 0 Å². The summed E-state index contributed by atoms with van der Waals surface area (Å²) in [6.07, 6.45) is 3.16. The third-order valence-corrected chi connectivity index (χ3v) is 3.55. The van der Waals surface area contributed by atoms with Gasteiger partial charge in [0.1, 0.15) is 12.4 Å². The predicted octanol–water partition coefficient (Wildman–Crippen LogP) is 0.167. The fourth-order valence-corrected chi connectivity index (χ4v) is 2.31. The third kappa shape index (κ3) is 3.99. The van der Waals surface area contributed by atoms with Crippen molar-refractivity contribution in [1.82, 2.24) is 15.1 Å². The fourth-order valence-electron chi connectivity index (χ4n) is 2.31. The summed E-state index contributed by atoms with van der Waals surface area (Å²) in [5.74, 6) is 0.480. The normalized spacial score (nSPS) is 23.9. The minimum atomic E-state index is -0.632. The van der Waals surface area contributed by atoms with Crippen molar-refractivity contribution in [1.29, 1.82) is 0 Å². The molecule has 8 nitrogen and oxygen atoms in total. The second kappa shape index (κ2) is 6.78. The van der Waals surface area contributed by atoms with Crippen molar-refractivity contribution in [2.75, 3.05) is 19.7 Å². The molecule has 1 saturated heterocycles. The van der Waals surface area contributed by atoms with Crippen molar-refractivity contribution >= 4 is 5.69 Å². The molecule has 20 heavy (non-hydrogen) atoms. The van der Waals surface area contributed by atoms with E-state index in [1.54, 1.807) is 0 Å². The van der Waals surface area contributed by atoms with Crippen LogP contribution >= 0.6 is 0 Å². The zero-order chi connectivity index (χ0) is 14.5. The van der Waals surface area contributed by atoms with Crippen molar-refractivity contribution in [2.45, 2.75) is 32.1 Å². The maximum atomic E-state index is 10.5. The number of nitrogens with one attached hydrogen (secondary N) is 1. The summed E-state index contributed by atoms with van der Waals surface area (Å²) < 4.78 is 6.84. The van der Waals surface area contributed by atoms with Crippen LogP contribution in [0.15, 0.2) is 12.4 Å². The number of ether oxygens (including phenoxy) is 1. The van der Waals surface area contributed by atoms with Gasteiger partial charge in [-0.3, -0.25) is 14.8 Å². The zero-order valence-corrected chi connectivity index (χ0v) is 11.4. The van der Waals surface area contributed by atoms with Gasteiger partial charge < -0.3 is 15.2 Å². The Balaban J connectivity index is 1.69. The average Bonchev–Trinajstić information content (AvgIpc) is 2.99. The molecular formula is C12H20N4O4. The Kier molecular flexibility index (Phi) is 5.05. The van der Waals surface area contributed by atoms with E-state index in [4.69, 9.17) is 4.74 Å². The molecule has 0 spiro atoms. The fraction of sp³-hybridized carbons (Fsp3) is 0.750. The van der Waals surface area contributed by atoms with Crippen molar-refractivity contribution in [3.05, 3.63) is 22.5 Å². The van der Waals surface area contributed by atoms with E-state index in [9.17, 15) is 15.2 Å². The number of nitrogens with zero attached hydrogens (tertiary/aromatic N) is 3. The van der Waals surface area contributed by atoms with Crippen LogP contribution in [0.4, 0.5) is 5.69 Å². The van der Waals surface area contributed by atoms with Gasteiger partial charge in [-0.1, -0.05) is 0 Å². The molecule has 2 N–H and O–H groups in total. The quantitative estimate of drug-likeness (QED) is 0.546. The number of aliphatic hydroxyl groups is 1. The first kappa shape index (κ1) is 14.9. The molecule has 1 aromatic heterocycles. The number of hydrogen-bond acceptors (Lipinski definition) is 6. The Bertz CT molecular complexity index is 450. The highest BCUT2D eigenvalue weighted by atomic mass is 16.6. The molecule has 0 aromatic carbocycles. The monoisotopic (exact) mass is 284 g/mol. The first-order chi connectivity index (χ1) is 9.56. The second-order valence-electron chi connectivity index (χ2n) is 5.11. The SMILES string of the molecule is CC1OCCC1CNCC(O)Cn1cc([N+](=O)[O-])cn1. The summed E-state index contributed by atoms with van der Waals surface area (Å²) in [7, 11) is 0. The lowest BCUT2D eigenvalue weighted by Gasteiger charge is -2.17. The number of aliphatic hydroxyl groups excluding tert-OH is 1. The molecule has 8 heteroatoms. The van der Waals surface area contributed by atoms with Gasteiger partial charge in [0, 0.05) is 19.7 Å². The highest BCUT2D eigenvalue weighted by Gasteiger charge is 2.23. The van der Waals surface area contributed by atoms with Gasteiger partial charge in [0.25, 0.3) is 0 Å². The average molecular weight is 284 g/mol. The van der Waals surface area contributed by atoms with E-state index in [-0.39, 0.29) is 18.3 Å². The highest BCUT2D eigenvalue weighted by molar-refractivity contribution is 5.20. The van der Waals surface area contributed by atoms with Crippen molar-refractivity contribution in [3.8, 4) is 0 Å². The minimum absolute atomic E-state index is 0.0675. The Morgan fingerprint density at radius 2 is 2.55 bits per heavy atom. The van der Waals surface area contributed by atoms with E-state index >= 15 is 0 Å². The molecule has 1 aliphatic rings. The van der Waals surface area contributed by atoms with Crippen molar-refractivity contribution in [3.63, 3.8) is 0 Å². The summed E-state index contributed by atoms with van der Waals surface area (Å²) >= 11 is 0. The summed E-state index contributed by atoms with van der Waals surface area (Å²) in [4.78, 5) is 10.0. The number of rotatable bonds is 7. The molecule has 112 valence electrons. The second-order valence-corrected chi connectivity index (χ2v) is 5.11. The first-order valence-corrected chi connectivity index (χ1v) is 6.73. The standard InChI is InChI=1S/C12H20N4O4/c1-9-10(2-3-20-9)4-13-6-12(17)8-15-7-11(5-14-15)16(18)19/h5,7,9-10,12-13,17H,2-4,6,8H2,1H3. The summed E-state index contributed by atoms with van der Waals surface area (Å²) in [5.41, 5.74) is -0.0675. The number of nitro groups is 1.